The maximum Gasteiger partial charge on any atom is 0.236 e. The highest BCUT2D eigenvalue weighted by molar-refractivity contribution is 8.01. The Balaban J connectivity index is 1.39. The summed E-state index contributed by atoms with van der Waals surface area (Å²) >= 11 is 1.72. The maximum absolute atomic E-state index is 12.7. The first-order chi connectivity index (χ1) is 11.8. The molecule has 0 radical (unpaired) electrons. The van der Waals surface area contributed by atoms with Gasteiger partial charge in [-0.25, -0.2) is 0 Å². The van der Waals surface area contributed by atoms with E-state index in [1.807, 2.05) is 12.1 Å². The second kappa shape index (κ2) is 6.67. The van der Waals surface area contributed by atoms with Crippen molar-refractivity contribution < 1.29 is 9.21 Å². The number of carbonyl (C=O) groups is 1. The second-order valence-corrected chi connectivity index (χ2v) is 8.36. The van der Waals surface area contributed by atoms with E-state index in [0.29, 0.717) is 6.04 Å². The molecule has 2 aromatic rings. The number of carbonyl (C=O) groups excluding carboxylic acids is 1. The smallest absolute Gasteiger partial charge is 0.236 e. The second-order valence-electron chi connectivity index (χ2n) is 6.91. The fourth-order valence-electron chi connectivity index (χ4n) is 3.41. The molecule has 0 atom stereocenters. The average Bonchev–Trinajstić information content (AvgIpc) is 3.19. The molecule has 2 aliphatic rings. The van der Waals surface area contributed by atoms with Crippen molar-refractivity contribution in [2.45, 2.75) is 60.6 Å². The van der Waals surface area contributed by atoms with Gasteiger partial charge in [-0.15, -0.1) is 11.8 Å². The molecular formula is C20H23NO2S. The van der Waals surface area contributed by atoms with Gasteiger partial charge >= 0.3 is 0 Å². The highest BCUT2D eigenvalue weighted by Gasteiger charge is 2.51. The summed E-state index contributed by atoms with van der Waals surface area (Å²) in [6.45, 7) is 0. The Hall–Kier alpha value is -1.68. The summed E-state index contributed by atoms with van der Waals surface area (Å²) in [5.41, 5.74) is 1.07. The molecule has 0 bridgehead atoms. The molecule has 4 heteroatoms. The quantitative estimate of drug-likeness (QED) is 0.830. The molecule has 0 spiro atoms. The van der Waals surface area contributed by atoms with Crippen LogP contribution in [-0.4, -0.2) is 16.7 Å². The third kappa shape index (κ3) is 3.39. The van der Waals surface area contributed by atoms with E-state index in [1.165, 1.54) is 19.3 Å². The number of thioether (sulfide) groups is 1. The first kappa shape index (κ1) is 15.8. The fraction of sp³-hybridized carbons (Fsp3) is 0.450. The molecule has 2 saturated carbocycles. The molecule has 2 fully saturated rings. The Labute approximate surface area is 147 Å². The van der Waals surface area contributed by atoms with E-state index in [-0.39, 0.29) is 10.7 Å². The van der Waals surface area contributed by atoms with Crippen LogP contribution in [0.5, 0.6) is 0 Å². The molecule has 126 valence electrons. The molecular weight excluding hydrogens is 318 g/mol. The van der Waals surface area contributed by atoms with E-state index < -0.39 is 0 Å². The van der Waals surface area contributed by atoms with Crippen molar-refractivity contribution in [1.29, 1.82) is 0 Å². The summed E-state index contributed by atoms with van der Waals surface area (Å²) in [6.07, 6.45) is 9.75. The van der Waals surface area contributed by atoms with Crippen molar-refractivity contribution in [1.82, 2.24) is 5.32 Å². The lowest BCUT2D eigenvalue weighted by atomic mass is 9.95. The van der Waals surface area contributed by atoms with Crippen LogP contribution in [0.3, 0.4) is 0 Å². The van der Waals surface area contributed by atoms with Crippen molar-refractivity contribution in [2.75, 3.05) is 0 Å². The zero-order valence-corrected chi connectivity index (χ0v) is 14.6. The van der Waals surface area contributed by atoms with Crippen molar-refractivity contribution >= 4 is 17.7 Å². The van der Waals surface area contributed by atoms with E-state index in [0.717, 1.165) is 41.9 Å². The van der Waals surface area contributed by atoms with Crippen molar-refractivity contribution in [3.63, 3.8) is 0 Å². The van der Waals surface area contributed by atoms with Gasteiger partial charge in [0.2, 0.25) is 5.91 Å². The molecule has 24 heavy (non-hydrogen) atoms. The summed E-state index contributed by atoms with van der Waals surface area (Å²) in [5, 5.41) is 3.30. The van der Waals surface area contributed by atoms with Crippen molar-refractivity contribution in [2.24, 2.45) is 0 Å². The lowest BCUT2D eigenvalue weighted by Gasteiger charge is -2.25. The van der Waals surface area contributed by atoms with Gasteiger partial charge in [0.1, 0.15) is 5.76 Å². The molecule has 1 aromatic heterocycles. The predicted octanol–water partition coefficient (Wildman–Crippen LogP) is 5.02. The number of hydrogen-bond donors (Lipinski definition) is 1. The van der Waals surface area contributed by atoms with Gasteiger partial charge < -0.3 is 9.73 Å². The molecule has 0 saturated heterocycles. The van der Waals surface area contributed by atoms with Gasteiger partial charge in [-0.3, -0.25) is 4.79 Å². The van der Waals surface area contributed by atoms with Gasteiger partial charge in [0.15, 0.2) is 0 Å². The standard InChI is InChI=1S/C20H23NO2S/c22-19(21-16-5-2-1-3-6-16)20(12-13-20)24-17-10-8-15(9-11-17)18-7-4-14-23-18/h4,7-11,14,16H,1-3,5-6,12-13H2,(H,21,22). The van der Waals surface area contributed by atoms with Crippen molar-refractivity contribution in [3.05, 3.63) is 42.7 Å². The Morgan fingerprint density at radius 1 is 1.08 bits per heavy atom. The number of amides is 1. The van der Waals surface area contributed by atoms with Crippen LogP contribution < -0.4 is 5.32 Å². The Bertz CT molecular complexity index is 683. The SMILES string of the molecule is O=C(NC1CCCCC1)C1(Sc2ccc(-c3ccco3)cc2)CC1. The average molecular weight is 341 g/mol. The van der Waals surface area contributed by atoms with Crippen LogP contribution in [0.1, 0.15) is 44.9 Å². The fourth-order valence-corrected chi connectivity index (χ4v) is 4.59. The van der Waals surface area contributed by atoms with Crippen LogP contribution in [0.4, 0.5) is 0 Å². The molecule has 1 N–H and O–H groups in total. The number of rotatable bonds is 5. The molecule has 0 unspecified atom stereocenters. The van der Waals surface area contributed by atoms with E-state index in [9.17, 15) is 4.79 Å². The third-order valence-electron chi connectivity index (χ3n) is 5.03. The number of nitrogens with one attached hydrogen (secondary N) is 1. The minimum Gasteiger partial charge on any atom is -0.464 e. The first-order valence-corrected chi connectivity index (χ1v) is 9.71. The van der Waals surface area contributed by atoms with Gasteiger partial charge in [0.25, 0.3) is 0 Å². The highest BCUT2D eigenvalue weighted by Crippen LogP contribution is 2.52. The Morgan fingerprint density at radius 2 is 1.83 bits per heavy atom. The summed E-state index contributed by atoms with van der Waals surface area (Å²) in [6, 6.07) is 12.6. The van der Waals surface area contributed by atoms with Gasteiger partial charge in [0.05, 0.1) is 11.0 Å². The van der Waals surface area contributed by atoms with E-state index >= 15 is 0 Å². The normalized spacial score (nSPS) is 19.8. The van der Waals surface area contributed by atoms with Gasteiger partial charge in [-0.2, -0.15) is 0 Å². The van der Waals surface area contributed by atoms with Crippen LogP contribution in [0, 0.1) is 0 Å². The molecule has 0 aliphatic heterocycles. The minimum absolute atomic E-state index is 0.232. The topological polar surface area (TPSA) is 42.2 Å². The number of benzene rings is 1. The van der Waals surface area contributed by atoms with E-state index in [2.05, 4.69) is 29.6 Å². The van der Waals surface area contributed by atoms with E-state index in [1.54, 1.807) is 18.0 Å². The van der Waals surface area contributed by atoms with Crippen LogP contribution >= 0.6 is 11.8 Å². The minimum atomic E-state index is -0.232. The zero-order chi connectivity index (χ0) is 16.4. The molecule has 4 rings (SSSR count). The molecule has 1 amide bonds. The van der Waals surface area contributed by atoms with Gasteiger partial charge in [-0.05, 0) is 49.9 Å². The lowest BCUT2D eigenvalue weighted by molar-refractivity contribution is -0.122. The first-order valence-electron chi connectivity index (χ1n) is 8.89. The Kier molecular flexibility index (Phi) is 4.40. The van der Waals surface area contributed by atoms with Crippen LogP contribution in [-0.2, 0) is 4.79 Å². The van der Waals surface area contributed by atoms with Gasteiger partial charge in [0, 0.05) is 16.5 Å². The summed E-state index contributed by atoms with van der Waals surface area (Å²) in [5.74, 6) is 1.12. The molecule has 2 aliphatic carbocycles. The molecule has 1 heterocycles. The monoisotopic (exact) mass is 341 g/mol. The predicted molar refractivity (Wildman–Crippen MR) is 97.0 cm³/mol. The summed E-state index contributed by atoms with van der Waals surface area (Å²) in [4.78, 5) is 13.9. The van der Waals surface area contributed by atoms with Crippen LogP contribution in [0.2, 0.25) is 0 Å². The summed E-state index contributed by atoms with van der Waals surface area (Å²) < 4.78 is 5.19. The third-order valence-corrected chi connectivity index (χ3v) is 6.52. The highest BCUT2D eigenvalue weighted by atomic mass is 32.2. The van der Waals surface area contributed by atoms with Crippen molar-refractivity contribution in [3.8, 4) is 11.3 Å². The largest absolute Gasteiger partial charge is 0.464 e. The maximum atomic E-state index is 12.7. The summed E-state index contributed by atoms with van der Waals surface area (Å²) in [7, 11) is 0. The lowest BCUT2D eigenvalue weighted by Crippen LogP contribution is -2.42. The van der Waals surface area contributed by atoms with Gasteiger partial charge in [-0.1, -0.05) is 31.4 Å². The van der Waals surface area contributed by atoms with E-state index in [4.69, 9.17) is 4.42 Å². The molecule has 3 nitrogen and oxygen atoms in total. The number of furan rings is 1. The molecule has 1 aromatic carbocycles. The number of hydrogen-bond acceptors (Lipinski definition) is 3. The Morgan fingerprint density at radius 3 is 2.46 bits per heavy atom. The van der Waals surface area contributed by atoms with Crippen LogP contribution in [0.25, 0.3) is 11.3 Å². The zero-order valence-electron chi connectivity index (χ0n) is 13.8. The van der Waals surface area contributed by atoms with Crippen LogP contribution in [0.15, 0.2) is 52.0 Å².